The van der Waals surface area contributed by atoms with Crippen LogP contribution in [-0.4, -0.2) is 56.2 Å². The van der Waals surface area contributed by atoms with Crippen LogP contribution in [0.1, 0.15) is 81.1 Å². The van der Waals surface area contributed by atoms with E-state index in [0.29, 0.717) is 25.7 Å². The molecule has 0 spiro atoms. The van der Waals surface area contributed by atoms with Crippen LogP contribution in [-0.2, 0) is 14.4 Å². The average molecular weight is 357 g/mol. The lowest BCUT2D eigenvalue weighted by Crippen LogP contribution is -2.69. The molecule has 0 amide bonds. The standard InChI is InChI=1S/C19H36N2O4/c1-15(2)10-14(22)11-16(3,4)21(15)25-19(24-9)12-17(5,6)20(23)18(7,8)13-19/h23H,10-13H2,1-9H3. The Morgan fingerprint density at radius 1 is 0.840 bits per heavy atom. The molecule has 0 saturated carbocycles. The van der Waals surface area contributed by atoms with Crippen LogP contribution in [0, 0.1) is 0 Å². The molecular weight excluding hydrogens is 320 g/mol. The quantitative estimate of drug-likeness (QED) is 0.781. The molecule has 1 N–H and O–H groups in total. The second kappa shape index (κ2) is 5.99. The van der Waals surface area contributed by atoms with Gasteiger partial charge in [0.2, 0.25) is 0 Å². The van der Waals surface area contributed by atoms with Crippen molar-refractivity contribution < 1.29 is 19.6 Å². The zero-order valence-corrected chi connectivity index (χ0v) is 17.4. The summed E-state index contributed by atoms with van der Waals surface area (Å²) >= 11 is 0. The zero-order chi connectivity index (χ0) is 19.5. The lowest BCUT2D eigenvalue weighted by molar-refractivity contribution is -0.427. The van der Waals surface area contributed by atoms with Crippen LogP contribution >= 0.6 is 0 Å². The number of hydrogen-bond donors (Lipinski definition) is 1. The van der Waals surface area contributed by atoms with E-state index in [1.807, 2.05) is 60.5 Å². The van der Waals surface area contributed by atoms with Crippen LogP contribution in [0.25, 0.3) is 0 Å². The van der Waals surface area contributed by atoms with Crippen LogP contribution in [0.4, 0.5) is 0 Å². The minimum Gasteiger partial charge on any atom is -0.351 e. The van der Waals surface area contributed by atoms with E-state index in [-0.39, 0.29) is 5.78 Å². The molecule has 0 radical (unpaired) electrons. The van der Waals surface area contributed by atoms with Crippen LogP contribution in [0.2, 0.25) is 0 Å². The van der Waals surface area contributed by atoms with Crippen molar-refractivity contribution in [3.63, 3.8) is 0 Å². The monoisotopic (exact) mass is 356 g/mol. The van der Waals surface area contributed by atoms with E-state index in [2.05, 4.69) is 0 Å². The van der Waals surface area contributed by atoms with Crippen LogP contribution < -0.4 is 0 Å². The van der Waals surface area contributed by atoms with Gasteiger partial charge in [-0.3, -0.25) is 9.63 Å². The van der Waals surface area contributed by atoms with Gasteiger partial charge in [-0.05, 0) is 55.4 Å². The van der Waals surface area contributed by atoms with Gasteiger partial charge in [0.15, 0.2) is 5.79 Å². The third kappa shape index (κ3) is 3.78. The van der Waals surface area contributed by atoms with Crippen molar-refractivity contribution in [2.45, 2.75) is 109 Å². The number of hydrogen-bond acceptors (Lipinski definition) is 6. The molecule has 2 aliphatic rings. The van der Waals surface area contributed by atoms with Crippen molar-refractivity contribution in [3.05, 3.63) is 0 Å². The van der Waals surface area contributed by atoms with Gasteiger partial charge < -0.3 is 9.94 Å². The van der Waals surface area contributed by atoms with Gasteiger partial charge in [-0.25, -0.2) is 0 Å². The Bertz CT molecular complexity index is 502. The Balaban J connectivity index is 2.39. The molecule has 0 aromatic rings. The van der Waals surface area contributed by atoms with Gasteiger partial charge in [0.25, 0.3) is 0 Å². The SMILES string of the molecule is COC1(ON2C(C)(C)CC(=O)CC2(C)C)CC(C)(C)N(O)C(C)(C)C1. The first-order valence-corrected chi connectivity index (χ1v) is 9.13. The Kier molecular flexibility index (Phi) is 4.98. The topological polar surface area (TPSA) is 62.2 Å². The number of nitrogens with zero attached hydrogens (tertiary/aromatic N) is 2. The predicted molar refractivity (Wildman–Crippen MR) is 96.1 cm³/mol. The number of ether oxygens (including phenoxy) is 1. The van der Waals surface area contributed by atoms with Crippen LogP contribution in [0.3, 0.4) is 0 Å². The number of rotatable bonds is 3. The predicted octanol–water partition coefficient (Wildman–Crippen LogP) is 3.53. The fraction of sp³-hybridized carbons (Fsp3) is 0.947. The Morgan fingerprint density at radius 3 is 1.60 bits per heavy atom. The van der Waals surface area contributed by atoms with E-state index in [0.717, 1.165) is 0 Å². The third-order valence-corrected chi connectivity index (χ3v) is 5.54. The van der Waals surface area contributed by atoms with Gasteiger partial charge >= 0.3 is 0 Å². The number of methoxy groups -OCH3 is 1. The molecule has 2 heterocycles. The van der Waals surface area contributed by atoms with E-state index in [1.54, 1.807) is 7.11 Å². The molecule has 0 aliphatic carbocycles. The zero-order valence-electron chi connectivity index (χ0n) is 17.4. The largest absolute Gasteiger partial charge is 0.351 e. The maximum absolute atomic E-state index is 12.2. The van der Waals surface area contributed by atoms with E-state index in [1.165, 1.54) is 5.06 Å². The highest BCUT2D eigenvalue weighted by Gasteiger charge is 2.57. The summed E-state index contributed by atoms with van der Waals surface area (Å²) in [5.41, 5.74) is -1.85. The van der Waals surface area contributed by atoms with E-state index < -0.39 is 27.9 Å². The van der Waals surface area contributed by atoms with Gasteiger partial charge in [0.1, 0.15) is 5.78 Å². The summed E-state index contributed by atoms with van der Waals surface area (Å²) in [5, 5.41) is 14.0. The first-order chi connectivity index (χ1) is 11.1. The molecule has 6 heteroatoms. The van der Waals surface area contributed by atoms with Crippen molar-refractivity contribution in [2.75, 3.05) is 7.11 Å². The lowest BCUT2D eigenvalue weighted by Gasteiger charge is -2.59. The molecule has 25 heavy (non-hydrogen) atoms. The van der Waals surface area contributed by atoms with Gasteiger partial charge in [-0.2, -0.15) is 10.1 Å². The average Bonchev–Trinajstić information content (AvgIpc) is 2.38. The van der Waals surface area contributed by atoms with Crippen molar-refractivity contribution >= 4 is 5.78 Å². The molecule has 0 unspecified atom stereocenters. The Labute approximate surface area is 152 Å². The van der Waals surface area contributed by atoms with Crippen LogP contribution in [0.15, 0.2) is 0 Å². The summed E-state index contributed by atoms with van der Waals surface area (Å²) in [6.45, 7) is 16.1. The Hall–Kier alpha value is -0.530. The first-order valence-electron chi connectivity index (χ1n) is 9.13. The number of carbonyl (C=O) groups is 1. The highest BCUT2D eigenvalue weighted by molar-refractivity contribution is 5.81. The molecule has 146 valence electrons. The Morgan fingerprint density at radius 2 is 1.24 bits per heavy atom. The van der Waals surface area contributed by atoms with Gasteiger partial charge in [-0.15, -0.1) is 0 Å². The smallest absolute Gasteiger partial charge is 0.191 e. The summed E-state index contributed by atoms with van der Waals surface area (Å²) in [4.78, 5) is 18.8. The molecular formula is C19H36N2O4. The highest BCUT2D eigenvalue weighted by Crippen LogP contribution is 2.47. The summed E-state index contributed by atoms with van der Waals surface area (Å²) in [6, 6.07) is 0. The molecule has 0 atom stereocenters. The van der Waals surface area contributed by atoms with Crippen molar-refractivity contribution in [1.82, 2.24) is 10.1 Å². The fourth-order valence-electron chi connectivity index (χ4n) is 5.00. The maximum atomic E-state index is 12.2. The number of piperidine rings is 2. The number of Topliss-reactive ketones (excluding diaryl/α,β-unsaturated/α-hetero) is 1. The van der Waals surface area contributed by atoms with E-state index in [4.69, 9.17) is 9.57 Å². The van der Waals surface area contributed by atoms with Crippen molar-refractivity contribution in [3.8, 4) is 0 Å². The summed E-state index contributed by atoms with van der Waals surface area (Å²) in [5.74, 6) is -0.603. The molecule has 2 saturated heterocycles. The van der Waals surface area contributed by atoms with Gasteiger partial charge in [-0.1, -0.05) is 0 Å². The second-order valence-electron chi connectivity index (χ2n) is 10.3. The number of carbonyl (C=O) groups excluding carboxylic acids is 1. The maximum Gasteiger partial charge on any atom is 0.191 e. The van der Waals surface area contributed by atoms with Crippen LogP contribution in [0.5, 0.6) is 0 Å². The number of ketones is 1. The minimum absolute atomic E-state index is 0.257. The third-order valence-electron chi connectivity index (χ3n) is 5.54. The molecule has 0 aromatic carbocycles. The summed E-state index contributed by atoms with van der Waals surface area (Å²) in [7, 11) is 1.66. The number of hydroxylamine groups is 4. The van der Waals surface area contributed by atoms with Crippen molar-refractivity contribution in [2.24, 2.45) is 0 Å². The summed E-state index contributed by atoms with van der Waals surface area (Å²) < 4.78 is 5.93. The molecule has 2 rings (SSSR count). The first kappa shape index (κ1) is 20.8. The normalized spacial score (nSPS) is 31.0. The van der Waals surface area contributed by atoms with Crippen molar-refractivity contribution in [1.29, 1.82) is 0 Å². The lowest BCUT2D eigenvalue weighted by atomic mass is 9.77. The second-order valence-corrected chi connectivity index (χ2v) is 10.3. The van der Waals surface area contributed by atoms with E-state index in [9.17, 15) is 10.0 Å². The minimum atomic E-state index is -0.860. The molecule has 0 bridgehead atoms. The highest BCUT2D eigenvalue weighted by atomic mass is 16.8. The fourth-order valence-corrected chi connectivity index (χ4v) is 5.00. The van der Waals surface area contributed by atoms with Gasteiger partial charge in [0, 0.05) is 54.9 Å². The summed E-state index contributed by atoms with van der Waals surface area (Å²) in [6.07, 6.45) is 1.95. The molecule has 6 nitrogen and oxygen atoms in total. The molecule has 0 aromatic heterocycles. The molecule has 2 aliphatic heterocycles. The van der Waals surface area contributed by atoms with E-state index >= 15 is 0 Å². The molecule has 2 fully saturated rings. The van der Waals surface area contributed by atoms with Gasteiger partial charge in [0.05, 0.1) is 0 Å².